The summed E-state index contributed by atoms with van der Waals surface area (Å²) in [6.07, 6.45) is -0.770. The number of nitro groups is 1. The highest BCUT2D eigenvalue weighted by molar-refractivity contribution is 5.98. The van der Waals surface area contributed by atoms with Crippen LogP contribution in [0.15, 0.2) is 24.3 Å². The standard InChI is InChI=1S/C20H29N5O7/c1-11(21-17(27)13(3)23-19(29)32-20(4,5)6)16(26)22-12(2)18(28)24-14-7-9-15(10-8-14)25(30)31/h7-13H,1-6H3,(H,21,27)(H,22,26)(H,23,29)(H,24,28). The number of hydrogen-bond donors (Lipinski definition) is 4. The quantitative estimate of drug-likeness (QED) is 0.342. The summed E-state index contributed by atoms with van der Waals surface area (Å²) >= 11 is 0. The molecule has 4 N–H and O–H groups in total. The van der Waals surface area contributed by atoms with E-state index in [1.165, 1.54) is 45.0 Å². The summed E-state index contributed by atoms with van der Waals surface area (Å²) in [5, 5.41) is 20.5. The maximum absolute atomic E-state index is 12.3. The average Bonchev–Trinajstić information content (AvgIpc) is 2.66. The van der Waals surface area contributed by atoms with E-state index in [2.05, 4.69) is 21.3 Å². The molecule has 1 rings (SSSR count). The summed E-state index contributed by atoms with van der Waals surface area (Å²) in [6.45, 7) is 9.35. The van der Waals surface area contributed by atoms with E-state index in [1.54, 1.807) is 20.8 Å². The Kier molecular flexibility index (Phi) is 9.11. The molecule has 0 radical (unpaired) electrons. The van der Waals surface area contributed by atoms with Crippen molar-refractivity contribution in [2.24, 2.45) is 0 Å². The van der Waals surface area contributed by atoms with Crippen LogP contribution in [0.25, 0.3) is 0 Å². The second-order valence-corrected chi connectivity index (χ2v) is 8.12. The number of rotatable bonds is 8. The Labute approximate surface area is 185 Å². The molecule has 176 valence electrons. The fourth-order valence-corrected chi connectivity index (χ4v) is 2.27. The summed E-state index contributed by atoms with van der Waals surface area (Å²) in [7, 11) is 0. The molecular weight excluding hydrogens is 422 g/mol. The molecular formula is C20H29N5O7. The maximum atomic E-state index is 12.3. The van der Waals surface area contributed by atoms with E-state index >= 15 is 0 Å². The molecule has 0 aliphatic rings. The van der Waals surface area contributed by atoms with Crippen molar-refractivity contribution in [3.05, 3.63) is 34.4 Å². The number of anilines is 1. The lowest BCUT2D eigenvalue weighted by molar-refractivity contribution is -0.384. The van der Waals surface area contributed by atoms with Crippen LogP contribution in [0, 0.1) is 10.1 Å². The fraction of sp³-hybridized carbons (Fsp3) is 0.500. The van der Waals surface area contributed by atoms with Crippen molar-refractivity contribution in [1.82, 2.24) is 16.0 Å². The van der Waals surface area contributed by atoms with Crippen molar-refractivity contribution >= 4 is 35.2 Å². The Hall–Kier alpha value is -3.70. The van der Waals surface area contributed by atoms with Gasteiger partial charge in [-0.05, 0) is 53.7 Å². The van der Waals surface area contributed by atoms with Crippen molar-refractivity contribution in [3.8, 4) is 0 Å². The topological polar surface area (TPSA) is 169 Å². The molecule has 0 bridgehead atoms. The molecule has 12 heteroatoms. The third-order valence-corrected chi connectivity index (χ3v) is 3.98. The summed E-state index contributed by atoms with van der Waals surface area (Å²) < 4.78 is 5.07. The minimum atomic E-state index is -0.986. The number of alkyl carbamates (subject to hydrolysis) is 1. The molecule has 0 fully saturated rings. The van der Waals surface area contributed by atoms with Crippen LogP contribution >= 0.6 is 0 Å². The Bertz CT molecular complexity index is 864. The molecule has 0 saturated carbocycles. The zero-order chi connectivity index (χ0) is 24.6. The van der Waals surface area contributed by atoms with Crippen molar-refractivity contribution in [2.75, 3.05) is 5.32 Å². The largest absolute Gasteiger partial charge is 0.444 e. The van der Waals surface area contributed by atoms with Gasteiger partial charge in [-0.15, -0.1) is 0 Å². The van der Waals surface area contributed by atoms with E-state index in [1.807, 2.05) is 0 Å². The number of ether oxygens (including phenoxy) is 1. The van der Waals surface area contributed by atoms with Crippen LogP contribution in [0.1, 0.15) is 41.5 Å². The maximum Gasteiger partial charge on any atom is 0.408 e. The SMILES string of the molecule is CC(NC(=O)OC(C)(C)C)C(=O)NC(C)C(=O)NC(C)C(=O)Nc1ccc([N+](=O)[O-])cc1. The van der Waals surface area contributed by atoms with Crippen LogP contribution in [0.5, 0.6) is 0 Å². The second kappa shape index (κ2) is 11.1. The predicted molar refractivity (Wildman–Crippen MR) is 116 cm³/mol. The van der Waals surface area contributed by atoms with Gasteiger partial charge in [-0.1, -0.05) is 0 Å². The minimum absolute atomic E-state index is 0.121. The summed E-state index contributed by atoms with van der Waals surface area (Å²) in [5.41, 5.74) is -0.520. The number of amides is 4. The first-order valence-electron chi connectivity index (χ1n) is 9.85. The number of carbonyl (C=O) groups excluding carboxylic acids is 4. The molecule has 3 atom stereocenters. The second-order valence-electron chi connectivity index (χ2n) is 8.12. The van der Waals surface area contributed by atoms with Crippen molar-refractivity contribution in [2.45, 2.75) is 65.3 Å². The average molecular weight is 451 g/mol. The molecule has 1 aromatic carbocycles. The Morgan fingerprint density at radius 3 is 1.72 bits per heavy atom. The zero-order valence-electron chi connectivity index (χ0n) is 18.8. The van der Waals surface area contributed by atoms with E-state index in [-0.39, 0.29) is 5.69 Å². The highest BCUT2D eigenvalue weighted by Gasteiger charge is 2.25. The molecule has 12 nitrogen and oxygen atoms in total. The number of nitro benzene ring substituents is 1. The zero-order valence-corrected chi connectivity index (χ0v) is 18.8. The van der Waals surface area contributed by atoms with Gasteiger partial charge < -0.3 is 26.0 Å². The van der Waals surface area contributed by atoms with Gasteiger partial charge in [0.15, 0.2) is 0 Å². The summed E-state index contributed by atoms with van der Waals surface area (Å²) in [5.74, 6) is -1.78. The number of nitrogens with one attached hydrogen (secondary N) is 4. The van der Waals surface area contributed by atoms with Gasteiger partial charge in [0.05, 0.1) is 4.92 Å². The van der Waals surface area contributed by atoms with Crippen LogP contribution in [0.4, 0.5) is 16.2 Å². The summed E-state index contributed by atoms with van der Waals surface area (Å²) in [4.78, 5) is 58.6. The third-order valence-electron chi connectivity index (χ3n) is 3.98. The normalized spacial score (nSPS) is 13.7. The van der Waals surface area contributed by atoms with Crippen LogP contribution in [0.2, 0.25) is 0 Å². The number of benzene rings is 1. The first-order chi connectivity index (χ1) is 14.7. The van der Waals surface area contributed by atoms with E-state index in [4.69, 9.17) is 4.74 Å². The molecule has 1 aromatic rings. The molecule has 0 spiro atoms. The van der Waals surface area contributed by atoms with E-state index in [0.29, 0.717) is 5.69 Å². The van der Waals surface area contributed by atoms with Gasteiger partial charge >= 0.3 is 6.09 Å². The molecule has 0 heterocycles. The molecule has 0 aliphatic heterocycles. The number of hydrogen-bond acceptors (Lipinski definition) is 7. The minimum Gasteiger partial charge on any atom is -0.444 e. The van der Waals surface area contributed by atoms with Gasteiger partial charge in [-0.2, -0.15) is 0 Å². The highest BCUT2D eigenvalue weighted by atomic mass is 16.6. The first kappa shape index (κ1) is 26.3. The number of carbonyl (C=O) groups is 4. The third kappa shape index (κ3) is 8.98. The molecule has 3 unspecified atom stereocenters. The predicted octanol–water partition coefficient (Wildman–Crippen LogP) is 1.46. The van der Waals surface area contributed by atoms with Gasteiger partial charge in [-0.25, -0.2) is 4.79 Å². The van der Waals surface area contributed by atoms with E-state index in [9.17, 15) is 29.3 Å². The van der Waals surface area contributed by atoms with Crippen LogP contribution in [-0.2, 0) is 19.1 Å². The number of non-ortho nitro benzene ring substituents is 1. The van der Waals surface area contributed by atoms with Gasteiger partial charge in [0.25, 0.3) is 5.69 Å². The van der Waals surface area contributed by atoms with Crippen LogP contribution in [-0.4, -0.2) is 52.5 Å². The smallest absolute Gasteiger partial charge is 0.408 e. The van der Waals surface area contributed by atoms with Gasteiger partial charge in [0, 0.05) is 17.8 Å². The monoisotopic (exact) mass is 451 g/mol. The molecule has 0 aromatic heterocycles. The van der Waals surface area contributed by atoms with Crippen molar-refractivity contribution in [1.29, 1.82) is 0 Å². The lowest BCUT2D eigenvalue weighted by Gasteiger charge is -2.23. The van der Waals surface area contributed by atoms with Crippen LogP contribution < -0.4 is 21.3 Å². The van der Waals surface area contributed by atoms with E-state index < -0.39 is 52.5 Å². The number of nitrogens with zero attached hydrogens (tertiary/aromatic N) is 1. The lowest BCUT2D eigenvalue weighted by atomic mass is 10.2. The van der Waals surface area contributed by atoms with E-state index in [0.717, 1.165) is 0 Å². The molecule has 0 saturated heterocycles. The molecule has 4 amide bonds. The van der Waals surface area contributed by atoms with Gasteiger partial charge in [0.1, 0.15) is 23.7 Å². The highest BCUT2D eigenvalue weighted by Crippen LogP contribution is 2.15. The van der Waals surface area contributed by atoms with Crippen molar-refractivity contribution < 1.29 is 28.8 Å². The molecule has 32 heavy (non-hydrogen) atoms. The van der Waals surface area contributed by atoms with Crippen molar-refractivity contribution in [3.63, 3.8) is 0 Å². The van der Waals surface area contributed by atoms with Crippen LogP contribution in [0.3, 0.4) is 0 Å². The summed E-state index contributed by atoms with van der Waals surface area (Å²) in [6, 6.07) is 2.32. The fourth-order valence-electron chi connectivity index (χ4n) is 2.27. The van der Waals surface area contributed by atoms with Gasteiger partial charge in [0.2, 0.25) is 17.7 Å². The Morgan fingerprint density at radius 2 is 1.28 bits per heavy atom. The lowest BCUT2D eigenvalue weighted by Crippen LogP contribution is -2.54. The Balaban J connectivity index is 2.53. The molecule has 0 aliphatic carbocycles. The Morgan fingerprint density at radius 1 is 0.844 bits per heavy atom. The first-order valence-corrected chi connectivity index (χ1v) is 9.85. The van der Waals surface area contributed by atoms with Gasteiger partial charge in [-0.3, -0.25) is 24.5 Å².